The third-order valence-corrected chi connectivity index (χ3v) is 3.16. The highest BCUT2D eigenvalue weighted by Gasteiger charge is 2.05. The molecule has 0 unspecified atom stereocenters. The van der Waals surface area contributed by atoms with Crippen LogP contribution < -0.4 is 16.4 Å². The van der Waals surface area contributed by atoms with E-state index in [0.29, 0.717) is 6.54 Å². The van der Waals surface area contributed by atoms with E-state index >= 15 is 0 Å². The number of aromatic nitrogens is 1. The van der Waals surface area contributed by atoms with Gasteiger partial charge in [-0.1, -0.05) is 6.92 Å². The molecule has 1 heterocycles. The molecule has 0 atom stereocenters. The number of nitrogens with one attached hydrogen (secondary N) is 2. The largest absolute Gasteiger partial charge is 0.348 e. The lowest BCUT2D eigenvalue weighted by atomic mass is 10.4. The van der Waals surface area contributed by atoms with E-state index in [1.54, 1.807) is 11.3 Å². The summed E-state index contributed by atoms with van der Waals surface area (Å²) in [6.45, 7) is 2.28. The standard InChI is InChI=1S/C10H16N4O2S/c1-2-7-4-14-10(17-7)6-13-9(16)5-12-8(15)3-11/h4H,2-3,5-6,11H2,1H3,(H,12,15)(H,13,16). The van der Waals surface area contributed by atoms with E-state index in [1.807, 2.05) is 6.20 Å². The molecule has 0 aliphatic heterocycles. The van der Waals surface area contributed by atoms with Gasteiger partial charge in [0.05, 0.1) is 19.6 Å². The Hall–Kier alpha value is -1.47. The summed E-state index contributed by atoms with van der Waals surface area (Å²) < 4.78 is 0. The first-order valence-corrected chi connectivity index (χ1v) is 6.14. The van der Waals surface area contributed by atoms with Crippen molar-refractivity contribution in [3.63, 3.8) is 0 Å². The number of rotatable bonds is 6. The van der Waals surface area contributed by atoms with Crippen LogP contribution in [0.25, 0.3) is 0 Å². The molecular formula is C10H16N4O2S. The van der Waals surface area contributed by atoms with Gasteiger partial charge >= 0.3 is 0 Å². The number of aryl methyl sites for hydroxylation is 1. The molecule has 0 aromatic carbocycles. The molecule has 0 bridgehead atoms. The lowest BCUT2D eigenvalue weighted by molar-refractivity contribution is -0.125. The second kappa shape index (κ2) is 6.97. The molecule has 0 fully saturated rings. The number of thiazole rings is 1. The van der Waals surface area contributed by atoms with Gasteiger partial charge in [0.15, 0.2) is 0 Å². The molecule has 1 aromatic heterocycles. The minimum Gasteiger partial charge on any atom is -0.348 e. The summed E-state index contributed by atoms with van der Waals surface area (Å²) in [4.78, 5) is 27.5. The van der Waals surface area contributed by atoms with Gasteiger partial charge in [0.2, 0.25) is 11.8 Å². The number of carbonyl (C=O) groups excluding carboxylic acids is 2. The molecule has 0 radical (unpaired) electrons. The second-order valence-electron chi connectivity index (χ2n) is 3.33. The van der Waals surface area contributed by atoms with Crippen LogP contribution in [-0.2, 0) is 22.6 Å². The summed E-state index contributed by atoms with van der Waals surface area (Å²) in [5, 5.41) is 5.92. The van der Waals surface area contributed by atoms with E-state index in [9.17, 15) is 9.59 Å². The van der Waals surface area contributed by atoms with Crippen LogP contribution in [0.15, 0.2) is 6.20 Å². The SMILES string of the molecule is CCc1cnc(CNC(=O)CNC(=O)CN)s1. The van der Waals surface area contributed by atoms with Crippen molar-refractivity contribution >= 4 is 23.2 Å². The van der Waals surface area contributed by atoms with Crippen molar-refractivity contribution in [1.82, 2.24) is 15.6 Å². The van der Waals surface area contributed by atoms with Crippen LogP contribution in [0.2, 0.25) is 0 Å². The van der Waals surface area contributed by atoms with Crippen molar-refractivity contribution in [2.45, 2.75) is 19.9 Å². The zero-order valence-electron chi connectivity index (χ0n) is 9.66. The molecular weight excluding hydrogens is 240 g/mol. The van der Waals surface area contributed by atoms with Gasteiger partial charge in [0.1, 0.15) is 5.01 Å². The predicted molar refractivity (Wildman–Crippen MR) is 65.4 cm³/mol. The fourth-order valence-corrected chi connectivity index (χ4v) is 1.88. The Labute approximate surface area is 104 Å². The first-order chi connectivity index (χ1) is 8.15. The predicted octanol–water partition coefficient (Wildman–Crippen LogP) is -0.603. The molecule has 0 saturated heterocycles. The first-order valence-electron chi connectivity index (χ1n) is 5.32. The molecule has 0 saturated carbocycles. The van der Waals surface area contributed by atoms with E-state index in [1.165, 1.54) is 4.88 Å². The van der Waals surface area contributed by atoms with E-state index in [4.69, 9.17) is 5.73 Å². The summed E-state index contributed by atoms with van der Waals surface area (Å²) >= 11 is 1.57. The van der Waals surface area contributed by atoms with E-state index in [-0.39, 0.29) is 24.9 Å². The third-order valence-electron chi connectivity index (χ3n) is 2.02. The second-order valence-corrected chi connectivity index (χ2v) is 4.53. The number of hydrogen-bond acceptors (Lipinski definition) is 5. The Kier molecular flexibility index (Phi) is 5.58. The van der Waals surface area contributed by atoms with Gasteiger partial charge in [-0.25, -0.2) is 4.98 Å². The fourth-order valence-electron chi connectivity index (χ4n) is 1.08. The van der Waals surface area contributed by atoms with Crippen molar-refractivity contribution in [3.8, 4) is 0 Å². The molecule has 1 aromatic rings. The fraction of sp³-hybridized carbons (Fsp3) is 0.500. The van der Waals surface area contributed by atoms with Crippen molar-refractivity contribution in [2.75, 3.05) is 13.1 Å². The van der Waals surface area contributed by atoms with Gasteiger partial charge < -0.3 is 16.4 Å². The van der Waals surface area contributed by atoms with E-state index in [2.05, 4.69) is 22.5 Å². The maximum Gasteiger partial charge on any atom is 0.239 e. The number of amides is 2. The van der Waals surface area contributed by atoms with Crippen molar-refractivity contribution in [2.24, 2.45) is 5.73 Å². The highest BCUT2D eigenvalue weighted by atomic mass is 32.1. The van der Waals surface area contributed by atoms with Gasteiger partial charge in [-0.15, -0.1) is 11.3 Å². The lowest BCUT2D eigenvalue weighted by Crippen LogP contribution is -2.39. The minimum atomic E-state index is -0.345. The van der Waals surface area contributed by atoms with Crippen molar-refractivity contribution in [3.05, 3.63) is 16.1 Å². The Balaban J connectivity index is 2.25. The van der Waals surface area contributed by atoms with Crippen LogP contribution in [0.1, 0.15) is 16.8 Å². The van der Waals surface area contributed by atoms with Crippen molar-refractivity contribution < 1.29 is 9.59 Å². The van der Waals surface area contributed by atoms with Gasteiger partial charge in [-0.3, -0.25) is 9.59 Å². The van der Waals surface area contributed by atoms with E-state index < -0.39 is 0 Å². The number of nitrogens with zero attached hydrogens (tertiary/aromatic N) is 1. The lowest BCUT2D eigenvalue weighted by Gasteiger charge is -2.04. The zero-order valence-corrected chi connectivity index (χ0v) is 10.5. The molecule has 0 aliphatic rings. The number of nitrogens with two attached hydrogens (primary N) is 1. The summed E-state index contributed by atoms with van der Waals surface area (Å²) in [6.07, 6.45) is 2.75. The molecule has 4 N–H and O–H groups in total. The molecule has 17 heavy (non-hydrogen) atoms. The van der Waals surface area contributed by atoms with Gasteiger partial charge in [-0.05, 0) is 6.42 Å². The molecule has 94 valence electrons. The van der Waals surface area contributed by atoms with E-state index in [0.717, 1.165) is 11.4 Å². The maximum absolute atomic E-state index is 11.3. The maximum atomic E-state index is 11.3. The monoisotopic (exact) mass is 256 g/mol. The molecule has 6 nitrogen and oxygen atoms in total. The van der Waals surface area contributed by atoms with Gasteiger partial charge in [0.25, 0.3) is 0 Å². The molecule has 0 spiro atoms. The van der Waals surface area contributed by atoms with Crippen LogP contribution >= 0.6 is 11.3 Å². The average Bonchev–Trinajstić information content (AvgIpc) is 2.81. The first kappa shape index (κ1) is 13.6. The van der Waals surface area contributed by atoms with Crippen LogP contribution in [0.3, 0.4) is 0 Å². The summed E-state index contributed by atoms with van der Waals surface area (Å²) in [5.41, 5.74) is 5.09. The van der Waals surface area contributed by atoms with Gasteiger partial charge in [0, 0.05) is 11.1 Å². The summed E-state index contributed by atoms with van der Waals surface area (Å²) in [7, 11) is 0. The molecule has 1 rings (SSSR count). The van der Waals surface area contributed by atoms with Crippen LogP contribution in [0, 0.1) is 0 Å². The van der Waals surface area contributed by atoms with Crippen LogP contribution in [0.5, 0.6) is 0 Å². The Morgan fingerprint density at radius 2 is 2.18 bits per heavy atom. The highest BCUT2D eigenvalue weighted by molar-refractivity contribution is 7.11. The molecule has 0 aliphatic carbocycles. The highest BCUT2D eigenvalue weighted by Crippen LogP contribution is 2.12. The van der Waals surface area contributed by atoms with Gasteiger partial charge in [-0.2, -0.15) is 0 Å². The summed E-state index contributed by atoms with van der Waals surface area (Å²) in [6, 6.07) is 0. The number of hydrogen-bond donors (Lipinski definition) is 3. The third kappa shape index (κ3) is 4.92. The molecule has 2 amide bonds. The summed E-state index contributed by atoms with van der Waals surface area (Å²) in [5.74, 6) is -0.595. The van der Waals surface area contributed by atoms with Crippen LogP contribution in [0.4, 0.5) is 0 Å². The zero-order chi connectivity index (χ0) is 12.7. The Morgan fingerprint density at radius 1 is 1.41 bits per heavy atom. The Bertz CT molecular complexity index is 391. The Morgan fingerprint density at radius 3 is 2.76 bits per heavy atom. The number of carbonyl (C=O) groups is 2. The van der Waals surface area contributed by atoms with Crippen molar-refractivity contribution in [1.29, 1.82) is 0 Å². The minimum absolute atomic E-state index is 0.0535. The smallest absolute Gasteiger partial charge is 0.239 e. The average molecular weight is 256 g/mol. The normalized spacial score (nSPS) is 10.0. The topological polar surface area (TPSA) is 97.1 Å². The van der Waals surface area contributed by atoms with Crippen LogP contribution in [-0.4, -0.2) is 29.9 Å². The molecule has 7 heteroatoms. The quantitative estimate of drug-likeness (QED) is 0.633.